The summed E-state index contributed by atoms with van der Waals surface area (Å²) in [5.74, 6) is 0.652. The molecule has 45 heavy (non-hydrogen) atoms. The number of aliphatic hydroxyl groups is 1. The van der Waals surface area contributed by atoms with Gasteiger partial charge in [0.25, 0.3) is 5.91 Å². The van der Waals surface area contributed by atoms with Crippen LogP contribution in [0.4, 0.5) is 0 Å². The van der Waals surface area contributed by atoms with E-state index in [1.54, 1.807) is 30.2 Å². The highest BCUT2D eigenvalue weighted by atomic mass is 32.2. The summed E-state index contributed by atoms with van der Waals surface area (Å²) < 4.78 is 15.2. The maximum atomic E-state index is 12.6. The monoisotopic (exact) mass is 620 g/mol. The molecule has 0 saturated carbocycles. The minimum atomic E-state index is -0.581. The van der Waals surface area contributed by atoms with Gasteiger partial charge >= 0.3 is 0 Å². The quantitative estimate of drug-likeness (QED) is 0.172. The summed E-state index contributed by atoms with van der Waals surface area (Å²) in [5, 5.41) is 21.6. The van der Waals surface area contributed by atoms with Crippen molar-refractivity contribution in [1.82, 2.24) is 20.1 Å². The van der Waals surface area contributed by atoms with Gasteiger partial charge in [0, 0.05) is 36.4 Å². The van der Waals surface area contributed by atoms with Crippen LogP contribution in [0, 0.1) is 5.92 Å². The Labute approximate surface area is 267 Å². The smallest absolute Gasteiger partial charge is 0.251 e. The van der Waals surface area contributed by atoms with E-state index >= 15 is 0 Å². The second-order valence-electron chi connectivity index (χ2n) is 11.2. The van der Waals surface area contributed by atoms with E-state index in [0.29, 0.717) is 17.9 Å². The molecule has 4 atom stereocenters. The van der Waals surface area contributed by atoms with Crippen LogP contribution in [-0.4, -0.2) is 37.6 Å². The third-order valence-electron chi connectivity index (χ3n) is 8.08. The van der Waals surface area contributed by atoms with Crippen molar-refractivity contribution in [2.45, 2.75) is 43.7 Å². The minimum absolute atomic E-state index is 0.00253. The van der Waals surface area contributed by atoms with Crippen molar-refractivity contribution in [2.24, 2.45) is 13.0 Å². The molecule has 0 aliphatic carbocycles. The summed E-state index contributed by atoms with van der Waals surface area (Å²) >= 11 is 1.62. The van der Waals surface area contributed by atoms with Crippen molar-refractivity contribution in [1.29, 1.82) is 0 Å². The van der Waals surface area contributed by atoms with Crippen LogP contribution in [0.2, 0.25) is 0 Å². The Morgan fingerprint density at radius 2 is 1.64 bits per heavy atom. The predicted octanol–water partition coefficient (Wildman–Crippen LogP) is 6.49. The first-order valence-corrected chi connectivity index (χ1v) is 16.0. The summed E-state index contributed by atoms with van der Waals surface area (Å²) in [6, 6.07) is 33.6. The SMILES string of the molecule is C[C@H]1[C@@H](CSc2nncn2C)O[C@@H](c2cccc(-c3cccc(CNC(=O)c4ccccc4)c3)c2)O[C@H]1c1ccc(CO)cc1. The number of carbonyl (C=O) groups excluding carboxylic acids is 1. The summed E-state index contributed by atoms with van der Waals surface area (Å²) in [7, 11) is 1.93. The first-order chi connectivity index (χ1) is 22.0. The van der Waals surface area contributed by atoms with Crippen molar-refractivity contribution >= 4 is 17.7 Å². The Balaban J connectivity index is 1.22. The molecular weight excluding hydrogens is 584 g/mol. The third kappa shape index (κ3) is 7.34. The number of aryl methyl sites for hydroxylation is 1. The molecule has 1 fully saturated rings. The van der Waals surface area contributed by atoms with Gasteiger partial charge in [-0.25, -0.2) is 0 Å². The molecule has 9 heteroatoms. The molecule has 4 aromatic carbocycles. The third-order valence-corrected chi connectivity index (χ3v) is 9.20. The molecule has 1 aromatic heterocycles. The fraction of sp³-hybridized carbons (Fsp3) is 0.250. The summed E-state index contributed by atoms with van der Waals surface area (Å²) in [5.41, 5.74) is 6.55. The summed E-state index contributed by atoms with van der Waals surface area (Å²) in [6.45, 7) is 2.58. The van der Waals surface area contributed by atoms with Crippen LogP contribution in [0.3, 0.4) is 0 Å². The summed E-state index contributed by atoms with van der Waals surface area (Å²) in [6.07, 6.45) is 0.792. The van der Waals surface area contributed by atoms with Gasteiger partial charge in [0.1, 0.15) is 6.33 Å². The lowest BCUT2D eigenvalue weighted by atomic mass is 9.91. The second kappa shape index (κ2) is 14.2. The molecule has 2 N–H and O–H groups in total. The molecule has 0 radical (unpaired) electrons. The van der Waals surface area contributed by atoms with Gasteiger partial charge in [-0.1, -0.05) is 97.5 Å². The van der Waals surface area contributed by atoms with E-state index in [2.05, 4.69) is 46.7 Å². The highest BCUT2D eigenvalue weighted by molar-refractivity contribution is 7.99. The fourth-order valence-electron chi connectivity index (χ4n) is 5.47. The first-order valence-electron chi connectivity index (χ1n) is 15.0. The average Bonchev–Trinajstić information content (AvgIpc) is 3.51. The molecule has 8 nitrogen and oxygen atoms in total. The lowest BCUT2D eigenvalue weighted by Gasteiger charge is -2.41. The number of nitrogens with one attached hydrogen (secondary N) is 1. The predicted molar refractivity (Wildman–Crippen MR) is 174 cm³/mol. The fourth-order valence-corrected chi connectivity index (χ4v) is 6.52. The topological polar surface area (TPSA) is 98.5 Å². The average molecular weight is 621 g/mol. The number of aliphatic hydroxyl groups excluding tert-OH is 1. The van der Waals surface area contributed by atoms with E-state index in [1.165, 1.54) is 0 Å². The Bertz CT molecular complexity index is 1730. The van der Waals surface area contributed by atoms with Crippen molar-refractivity contribution in [2.75, 3.05) is 5.75 Å². The molecule has 5 aromatic rings. The highest BCUT2D eigenvalue weighted by Crippen LogP contribution is 2.43. The van der Waals surface area contributed by atoms with E-state index in [0.717, 1.165) is 38.5 Å². The minimum Gasteiger partial charge on any atom is -0.392 e. The zero-order valence-electron chi connectivity index (χ0n) is 25.2. The van der Waals surface area contributed by atoms with E-state index in [4.69, 9.17) is 9.47 Å². The first kappa shape index (κ1) is 30.7. The van der Waals surface area contributed by atoms with Crippen LogP contribution >= 0.6 is 11.8 Å². The van der Waals surface area contributed by atoms with Crippen molar-refractivity contribution in [3.05, 3.63) is 137 Å². The lowest BCUT2D eigenvalue weighted by Crippen LogP contribution is -2.38. The van der Waals surface area contributed by atoms with Gasteiger partial charge in [-0.15, -0.1) is 10.2 Å². The van der Waals surface area contributed by atoms with Crippen LogP contribution in [0.25, 0.3) is 11.1 Å². The van der Waals surface area contributed by atoms with E-state index in [1.807, 2.05) is 78.3 Å². The molecule has 0 unspecified atom stereocenters. The molecule has 1 aliphatic heterocycles. The number of aromatic nitrogens is 3. The number of benzene rings is 4. The Kier molecular flexibility index (Phi) is 9.71. The molecule has 2 heterocycles. The number of nitrogens with zero attached hydrogens (tertiary/aromatic N) is 3. The lowest BCUT2D eigenvalue weighted by molar-refractivity contribution is -0.268. The summed E-state index contributed by atoms with van der Waals surface area (Å²) in [4.78, 5) is 12.6. The van der Waals surface area contributed by atoms with Crippen LogP contribution < -0.4 is 5.32 Å². The van der Waals surface area contributed by atoms with E-state index in [-0.39, 0.29) is 30.6 Å². The zero-order chi connectivity index (χ0) is 31.2. The molecule has 1 amide bonds. The molecule has 230 valence electrons. The van der Waals surface area contributed by atoms with E-state index in [9.17, 15) is 9.90 Å². The molecular formula is C36H36N4O4S. The number of ether oxygens (including phenoxy) is 2. The van der Waals surface area contributed by atoms with Gasteiger partial charge in [-0.05, 0) is 52.1 Å². The van der Waals surface area contributed by atoms with Gasteiger partial charge in [-0.2, -0.15) is 0 Å². The number of hydrogen-bond acceptors (Lipinski definition) is 7. The van der Waals surface area contributed by atoms with Gasteiger partial charge in [-0.3, -0.25) is 4.79 Å². The normalized spacial score (nSPS) is 19.7. The largest absolute Gasteiger partial charge is 0.392 e. The highest BCUT2D eigenvalue weighted by Gasteiger charge is 2.38. The molecule has 1 saturated heterocycles. The molecule has 6 rings (SSSR count). The standard InChI is InChI=1S/C36H36N4O4S/c1-24-32(22-45-36-39-38-23-40(36)2)43-35(44-33(24)27-16-14-25(21-41)15-17-27)31-13-7-12-30(19-31)29-11-6-8-26(18-29)20-37-34(42)28-9-4-3-5-10-28/h3-19,23-24,32-33,35,41H,20-22H2,1-2H3,(H,37,42)/t24-,32+,33+,35+/m0/s1. The Morgan fingerprint density at radius 3 is 2.38 bits per heavy atom. The van der Waals surface area contributed by atoms with Gasteiger partial charge in [0.05, 0.1) is 18.8 Å². The number of carbonyl (C=O) groups is 1. The van der Waals surface area contributed by atoms with Crippen molar-refractivity contribution in [3.8, 4) is 11.1 Å². The van der Waals surface area contributed by atoms with Crippen molar-refractivity contribution in [3.63, 3.8) is 0 Å². The zero-order valence-corrected chi connectivity index (χ0v) is 26.1. The second-order valence-corrected chi connectivity index (χ2v) is 12.2. The maximum Gasteiger partial charge on any atom is 0.251 e. The Morgan fingerprint density at radius 1 is 0.889 bits per heavy atom. The van der Waals surface area contributed by atoms with E-state index < -0.39 is 6.29 Å². The van der Waals surface area contributed by atoms with Gasteiger partial charge < -0.3 is 24.5 Å². The number of rotatable bonds is 10. The molecule has 0 bridgehead atoms. The number of thioether (sulfide) groups is 1. The number of amides is 1. The van der Waals surface area contributed by atoms with Gasteiger partial charge in [0.2, 0.25) is 0 Å². The number of hydrogen-bond donors (Lipinski definition) is 2. The van der Waals surface area contributed by atoms with Crippen LogP contribution in [0.15, 0.2) is 115 Å². The maximum absolute atomic E-state index is 12.6. The van der Waals surface area contributed by atoms with Crippen LogP contribution in [0.5, 0.6) is 0 Å². The molecule has 1 aliphatic rings. The Hall–Kier alpha value is -4.28. The van der Waals surface area contributed by atoms with Crippen molar-refractivity contribution < 1.29 is 19.4 Å². The van der Waals surface area contributed by atoms with Gasteiger partial charge in [0.15, 0.2) is 11.4 Å². The van der Waals surface area contributed by atoms with Crippen LogP contribution in [-0.2, 0) is 29.7 Å². The van der Waals surface area contributed by atoms with Crippen LogP contribution in [0.1, 0.15) is 51.9 Å². The molecule has 0 spiro atoms.